The zero-order chi connectivity index (χ0) is 13.9. The predicted molar refractivity (Wildman–Crippen MR) is 76.5 cm³/mol. The molecule has 3 nitrogen and oxygen atoms in total. The third kappa shape index (κ3) is 3.30. The number of thiophene rings is 1. The summed E-state index contributed by atoms with van der Waals surface area (Å²) < 4.78 is 24.2. The van der Waals surface area contributed by atoms with E-state index < -0.39 is 15.6 Å². The second-order valence-electron chi connectivity index (χ2n) is 4.11. The molecule has 19 heavy (non-hydrogen) atoms. The molecule has 0 amide bonds. The molecule has 100 valence electrons. The zero-order valence-corrected chi connectivity index (χ0v) is 12.1. The molecule has 1 aromatic carbocycles. The van der Waals surface area contributed by atoms with E-state index in [1.807, 2.05) is 13.0 Å². The van der Waals surface area contributed by atoms with Gasteiger partial charge < -0.3 is 0 Å². The molecule has 1 heterocycles. The summed E-state index contributed by atoms with van der Waals surface area (Å²) in [6.45, 7) is 2.00. The van der Waals surface area contributed by atoms with E-state index in [0.717, 1.165) is 11.3 Å². The van der Waals surface area contributed by atoms with Crippen molar-refractivity contribution in [3.8, 4) is 0 Å². The van der Waals surface area contributed by atoms with E-state index in [-0.39, 0.29) is 10.7 Å². The first kappa shape index (κ1) is 14.0. The second-order valence-corrected chi connectivity index (χ2v) is 7.27. The van der Waals surface area contributed by atoms with Crippen molar-refractivity contribution in [3.05, 3.63) is 52.2 Å². The van der Waals surface area contributed by atoms with Gasteiger partial charge in [0.05, 0.1) is 9.77 Å². The molecule has 2 rings (SSSR count). The maximum absolute atomic E-state index is 12.1. The molecule has 5 heteroatoms. The van der Waals surface area contributed by atoms with Crippen LogP contribution in [0, 0.1) is 0 Å². The lowest BCUT2D eigenvalue weighted by Gasteiger charge is -2.02. The number of hydrogen-bond donors (Lipinski definition) is 0. The predicted octanol–water partition coefficient (Wildman–Crippen LogP) is 2.97. The number of carbonyl (C=O) groups is 1. The van der Waals surface area contributed by atoms with Crippen molar-refractivity contribution >= 4 is 27.0 Å². The molecule has 0 unspecified atom stereocenters. The summed E-state index contributed by atoms with van der Waals surface area (Å²) in [6.07, 6.45) is 0.851. The molecule has 0 aliphatic rings. The number of aryl methyl sites for hydroxylation is 1. The van der Waals surface area contributed by atoms with Crippen LogP contribution in [0.4, 0.5) is 0 Å². The molecule has 0 aliphatic heterocycles. The van der Waals surface area contributed by atoms with E-state index in [1.54, 1.807) is 24.3 Å². The first-order valence-electron chi connectivity index (χ1n) is 5.92. The quantitative estimate of drug-likeness (QED) is 0.797. The highest BCUT2D eigenvalue weighted by atomic mass is 32.2. The average Bonchev–Trinajstić information content (AvgIpc) is 2.88. The topological polar surface area (TPSA) is 51.2 Å². The minimum Gasteiger partial charge on any atom is -0.292 e. The Hall–Kier alpha value is -1.46. The van der Waals surface area contributed by atoms with Gasteiger partial charge in [-0.3, -0.25) is 4.79 Å². The van der Waals surface area contributed by atoms with Crippen LogP contribution >= 0.6 is 11.3 Å². The van der Waals surface area contributed by atoms with Gasteiger partial charge in [-0.1, -0.05) is 25.1 Å². The van der Waals surface area contributed by atoms with Gasteiger partial charge in [-0.05, 0) is 30.7 Å². The molecule has 0 atom stereocenters. The largest absolute Gasteiger partial charge is 0.292 e. The van der Waals surface area contributed by atoms with Gasteiger partial charge in [-0.2, -0.15) is 0 Å². The summed E-state index contributed by atoms with van der Waals surface area (Å²) in [4.78, 5) is 13.8. The number of Topliss-reactive ketones (excluding diaryl/α,β-unsaturated/α-hetero) is 1. The highest BCUT2D eigenvalue weighted by Gasteiger charge is 2.21. The van der Waals surface area contributed by atoms with E-state index in [2.05, 4.69) is 0 Å². The van der Waals surface area contributed by atoms with Crippen LogP contribution in [-0.2, 0) is 16.3 Å². The van der Waals surface area contributed by atoms with E-state index in [9.17, 15) is 13.2 Å². The highest BCUT2D eigenvalue weighted by molar-refractivity contribution is 7.92. The van der Waals surface area contributed by atoms with Crippen LogP contribution in [0.1, 0.15) is 21.5 Å². The first-order chi connectivity index (χ1) is 9.03. The second kappa shape index (κ2) is 5.67. The Labute approximate surface area is 116 Å². The molecule has 1 aromatic heterocycles. The normalized spacial score (nSPS) is 11.4. The maximum atomic E-state index is 12.1. The number of rotatable bonds is 5. The first-order valence-corrected chi connectivity index (χ1v) is 8.39. The highest BCUT2D eigenvalue weighted by Crippen LogP contribution is 2.19. The minimum atomic E-state index is -3.55. The van der Waals surface area contributed by atoms with Crippen LogP contribution in [0.25, 0.3) is 0 Å². The van der Waals surface area contributed by atoms with Crippen molar-refractivity contribution in [1.29, 1.82) is 0 Å². The zero-order valence-electron chi connectivity index (χ0n) is 10.5. The van der Waals surface area contributed by atoms with E-state index in [0.29, 0.717) is 4.88 Å². The van der Waals surface area contributed by atoms with Crippen LogP contribution in [-0.4, -0.2) is 20.0 Å². The lowest BCUT2D eigenvalue weighted by atomic mass is 10.3. The van der Waals surface area contributed by atoms with Gasteiger partial charge in [0.25, 0.3) is 0 Å². The summed E-state index contributed by atoms with van der Waals surface area (Å²) in [5.74, 6) is -0.811. The number of carbonyl (C=O) groups excluding carboxylic acids is 1. The number of sulfone groups is 1. The van der Waals surface area contributed by atoms with Crippen molar-refractivity contribution in [2.45, 2.75) is 18.2 Å². The fraction of sp³-hybridized carbons (Fsp3) is 0.214. The minimum absolute atomic E-state index is 0.190. The molecule has 0 radical (unpaired) electrons. The third-order valence-corrected chi connectivity index (χ3v) is 5.61. The summed E-state index contributed by atoms with van der Waals surface area (Å²) in [7, 11) is -3.55. The summed E-state index contributed by atoms with van der Waals surface area (Å²) in [5.41, 5.74) is 0. The molecule has 0 saturated heterocycles. The monoisotopic (exact) mass is 294 g/mol. The SMILES string of the molecule is CCc1ccc(C(=O)CS(=O)(=O)c2ccccc2)s1. The van der Waals surface area contributed by atoms with Gasteiger partial charge in [-0.15, -0.1) is 11.3 Å². The maximum Gasteiger partial charge on any atom is 0.188 e. The summed E-state index contributed by atoms with van der Waals surface area (Å²) in [6, 6.07) is 11.6. The number of benzene rings is 1. The van der Waals surface area contributed by atoms with Crippen molar-refractivity contribution in [2.24, 2.45) is 0 Å². The molecule has 0 N–H and O–H groups in total. The van der Waals surface area contributed by atoms with Crippen molar-refractivity contribution in [1.82, 2.24) is 0 Å². The van der Waals surface area contributed by atoms with Gasteiger partial charge in [-0.25, -0.2) is 8.42 Å². The Morgan fingerprint density at radius 1 is 1.11 bits per heavy atom. The Balaban J connectivity index is 2.19. The van der Waals surface area contributed by atoms with Gasteiger partial charge in [0, 0.05) is 4.88 Å². The van der Waals surface area contributed by atoms with Crippen LogP contribution < -0.4 is 0 Å². The molecule has 0 spiro atoms. The van der Waals surface area contributed by atoms with E-state index >= 15 is 0 Å². The lowest BCUT2D eigenvalue weighted by molar-refractivity contribution is 0.102. The summed E-state index contributed by atoms with van der Waals surface area (Å²) >= 11 is 1.36. The van der Waals surface area contributed by atoms with E-state index in [1.165, 1.54) is 23.5 Å². The Kier molecular flexibility index (Phi) is 4.17. The van der Waals surface area contributed by atoms with Gasteiger partial charge in [0.15, 0.2) is 15.6 Å². The Morgan fingerprint density at radius 3 is 2.37 bits per heavy atom. The van der Waals surface area contributed by atoms with Crippen LogP contribution in [0.3, 0.4) is 0 Å². The van der Waals surface area contributed by atoms with Crippen LogP contribution in [0.5, 0.6) is 0 Å². The molecule has 0 fully saturated rings. The van der Waals surface area contributed by atoms with Crippen LogP contribution in [0.15, 0.2) is 47.4 Å². The van der Waals surface area contributed by atoms with Gasteiger partial charge in [0.2, 0.25) is 0 Å². The van der Waals surface area contributed by atoms with Gasteiger partial charge >= 0.3 is 0 Å². The number of ketones is 1. The van der Waals surface area contributed by atoms with Crippen molar-refractivity contribution in [3.63, 3.8) is 0 Å². The van der Waals surface area contributed by atoms with Crippen molar-refractivity contribution < 1.29 is 13.2 Å². The standard InChI is InChI=1S/C14H14O3S2/c1-2-11-8-9-14(18-11)13(15)10-19(16,17)12-6-4-3-5-7-12/h3-9H,2,10H2,1H3. The fourth-order valence-corrected chi connectivity index (χ4v) is 3.89. The Morgan fingerprint density at radius 2 is 1.79 bits per heavy atom. The van der Waals surface area contributed by atoms with Crippen molar-refractivity contribution in [2.75, 3.05) is 5.75 Å². The third-order valence-electron chi connectivity index (χ3n) is 2.71. The lowest BCUT2D eigenvalue weighted by Crippen LogP contribution is -2.15. The Bertz CT molecular complexity index is 670. The average molecular weight is 294 g/mol. The molecule has 2 aromatic rings. The number of hydrogen-bond acceptors (Lipinski definition) is 4. The molecular weight excluding hydrogens is 280 g/mol. The molecule has 0 aliphatic carbocycles. The van der Waals surface area contributed by atoms with Gasteiger partial charge in [0.1, 0.15) is 5.75 Å². The molecule has 0 saturated carbocycles. The van der Waals surface area contributed by atoms with E-state index in [4.69, 9.17) is 0 Å². The molecule has 0 bridgehead atoms. The molecular formula is C14H14O3S2. The smallest absolute Gasteiger partial charge is 0.188 e. The summed E-state index contributed by atoms with van der Waals surface area (Å²) in [5, 5.41) is 0. The van der Waals surface area contributed by atoms with Crippen LogP contribution in [0.2, 0.25) is 0 Å². The fourth-order valence-electron chi connectivity index (χ4n) is 1.67.